The van der Waals surface area contributed by atoms with E-state index in [-0.39, 0.29) is 0 Å². The molecule has 0 aromatic rings. The topological polar surface area (TPSA) is 0 Å². The summed E-state index contributed by atoms with van der Waals surface area (Å²) >= 11 is 0. The number of fused-ring (bicyclic) bond motifs is 12. The van der Waals surface area contributed by atoms with Gasteiger partial charge in [-0.1, -0.05) is 6.42 Å². The second-order valence-electron chi connectivity index (χ2n) is 7.31. The van der Waals surface area contributed by atoms with Crippen molar-refractivity contribution in [1.29, 1.82) is 0 Å². The number of hydrogen-bond donors (Lipinski definition) is 0. The van der Waals surface area contributed by atoms with Crippen molar-refractivity contribution in [3.63, 3.8) is 0 Å². The summed E-state index contributed by atoms with van der Waals surface area (Å²) in [7, 11) is 0. The van der Waals surface area contributed by atoms with E-state index in [4.69, 9.17) is 0 Å². The fourth-order valence-electron chi connectivity index (χ4n) is 7.28. The van der Waals surface area contributed by atoms with Gasteiger partial charge in [0, 0.05) is 0 Å². The van der Waals surface area contributed by atoms with Gasteiger partial charge in [-0.2, -0.15) is 0 Å². The summed E-state index contributed by atoms with van der Waals surface area (Å²) in [6, 6.07) is 0. The normalized spacial score (nSPS) is 68.8. The molecule has 0 spiro atoms. The fraction of sp³-hybridized carbons (Fsp3) is 1.00. The Morgan fingerprint density at radius 3 is 1.73 bits per heavy atom. The summed E-state index contributed by atoms with van der Waals surface area (Å²) in [6.45, 7) is 0. The van der Waals surface area contributed by atoms with Crippen LogP contribution in [0.3, 0.4) is 0 Å². The lowest BCUT2D eigenvalue weighted by Gasteiger charge is -2.40. The molecule has 0 saturated heterocycles. The molecule has 5 aliphatic rings. The third kappa shape index (κ3) is 0.775. The standard InChI is InChI=1S/C15H22/c1-2-10-11(3-1)13-7-12(10)14-8-4-5-9(6-8)15(13)14/h8-15H,1-7H2/t8-,9+,10+,11-,12+,13-,14?,15?. The van der Waals surface area contributed by atoms with Crippen LogP contribution in [0, 0.1) is 47.3 Å². The maximum atomic E-state index is 1.68. The number of hydrogen-bond acceptors (Lipinski definition) is 0. The van der Waals surface area contributed by atoms with E-state index in [0.717, 1.165) is 0 Å². The molecule has 0 aromatic heterocycles. The summed E-state index contributed by atoms with van der Waals surface area (Å²) in [4.78, 5) is 0. The van der Waals surface area contributed by atoms with Gasteiger partial charge in [0.25, 0.3) is 0 Å². The molecular weight excluding hydrogens is 180 g/mol. The molecule has 0 N–H and O–H groups in total. The average Bonchev–Trinajstić information content (AvgIpc) is 3.03. The highest BCUT2D eigenvalue weighted by Gasteiger charge is 2.65. The maximum Gasteiger partial charge on any atom is -0.0321 e. The molecule has 15 heavy (non-hydrogen) atoms. The molecule has 8 atom stereocenters. The van der Waals surface area contributed by atoms with Crippen LogP contribution in [-0.2, 0) is 0 Å². The Balaban J connectivity index is 1.59. The smallest absolute Gasteiger partial charge is 0.0321 e. The second-order valence-corrected chi connectivity index (χ2v) is 7.31. The van der Waals surface area contributed by atoms with Crippen molar-refractivity contribution in [2.45, 2.75) is 44.9 Å². The quantitative estimate of drug-likeness (QED) is 0.525. The predicted octanol–water partition coefficient (Wildman–Crippen LogP) is 3.71. The largest absolute Gasteiger partial charge is 0.0527 e. The summed E-state index contributed by atoms with van der Waals surface area (Å²) in [5.74, 6) is 9.78. The van der Waals surface area contributed by atoms with E-state index in [1.54, 1.807) is 44.9 Å². The van der Waals surface area contributed by atoms with Gasteiger partial charge in [-0.05, 0) is 85.9 Å². The molecule has 5 aliphatic carbocycles. The molecule has 2 unspecified atom stereocenters. The minimum Gasteiger partial charge on any atom is -0.0527 e. The Bertz CT molecular complexity index is 279. The molecule has 0 aromatic carbocycles. The zero-order chi connectivity index (χ0) is 9.57. The Hall–Kier alpha value is 0. The highest BCUT2D eigenvalue weighted by atomic mass is 14.7. The van der Waals surface area contributed by atoms with E-state index in [9.17, 15) is 0 Å². The molecule has 5 saturated carbocycles. The van der Waals surface area contributed by atoms with Crippen molar-refractivity contribution >= 4 is 0 Å². The van der Waals surface area contributed by atoms with Crippen LogP contribution in [0.1, 0.15) is 44.9 Å². The first-order valence-corrected chi connectivity index (χ1v) is 7.43. The Morgan fingerprint density at radius 2 is 1.13 bits per heavy atom. The first-order valence-electron chi connectivity index (χ1n) is 7.43. The molecule has 0 heterocycles. The predicted molar refractivity (Wildman–Crippen MR) is 60.2 cm³/mol. The molecule has 4 bridgehead atoms. The van der Waals surface area contributed by atoms with E-state index in [0.29, 0.717) is 0 Å². The number of rotatable bonds is 0. The van der Waals surface area contributed by atoms with Crippen molar-refractivity contribution in [1.82, 2.24) is 0 Å². The van der Waals surface area contributed by atoms with Crippen LogP contribution >= 0.6 is 0 Å². The van der Waals surface area contributed by atoms with Gasteiger partial charge in [0.1, 0.15) is 0 Å². The van der Waals surface area contributed by atoms with Crippen LogP contribution in [0.4, 0.5) is 0 Å². The fourth-order valence-corrected chi connectivity index (χ4v) is 7.28. The van der Waals surface area contributed by atoms with Crippen LogP contribution in [0.15, 0.2) is 0 Å². The van der Waals surface area contributed by atoms with Crippen LogP contribution in [0.2, 0.25) is 0 Å². The van der Waals surface area contributed by atoms with Crippen molar-refractivity contribution in [2.24, 2.45) is 47.3 Å². The molecule has 5 fully saturated rings. The zero-order valence-electron chi connectivity index (χ0n) is 9.57. The van der Waals surface area contributed by atoms with E-state index < -0.39 is 0 Å². The molecule has 5 rings (SSSR count). The lowest BCUT2D eigenvalue weighted by molar-refractivity contribution is 0.0716. The summed E-state index contributed by atoms with van der Waals surface area (Å²) in [5, 5.41) is 0. The lowest BCUT2D eigenvalue weighted by Crippen LogP contribution is -2.35. The van der Waals surface area contributed by atoms with Gasteiger partial charge in [-0.15, -0.1) is 0 Å². The van der Waals surface area contributed by atoms with E-state index >= 15 is 0 Å². The van der Waals surface area contributed by atoms with Gasteiger partial charge in [0.15, 0.2) is 0 Å². The molecule has 0 radical (unpaired) electrons. The van der Waals surface area contributed by atoms with E-state index in [2.05, 4.69) is 0 Å². The van der Waals surface area contributed by atoms with Gasteiger partial charge in [-0.3, -0.25) is 0 Å². The average molecular weight is 202 g/mol. The van der Waals surface area contributed by atoms with Crippen LogP contribution in [0.5, 0.6) is 0 Å². The van der Waals surface area contributed by atoms with Gasteiger partial charge in [0.2, 0.25) is 0 Å². The van der Waals surface area contributed by atoms with Crippen LogP contribution in [0.25, 0.3) is 0 Å². The van der Waals surface area contributed by atoms with Crippen molar-refractivity contribution in [2.75, 3.05) is 0 Å². The van der Waals surface area contributed by atoms with Crippen molar-refractivity contribution in [3.05, 3.63) is 0 Å². The van der Waals surface area contributed by atoms with Gasteiger partial charge < -0.3 is 0 Å². The summed E-state index contributed by atoms with van der Waals surface area (Å²) in [6.07, 6.45) is 11.4. The zero-order valence-corrected chi connectivity index (χ0v) is 9.57. The summed E-state index contributed by atoms with van der Waals surface area (Å²) in [5.41, 5.74) is 0. The molecule has 0 amide bonds. The lowest BCUT2D eigenvalue weighted by atomic mass is 9.64. The first kappa shape index (κ1) is 8.14. The molecule has 0 nitrogen and oxygen atoms in total. The van der Waals surface area contributed by atoms with Crippen LogP contribution < -0.4 is 0 Å². The molecule has 0 aliphatic heterocycles. The third-order valence-electron chi connectivity index (χ3n) is 7.30. The summed E-state index contributed by atoms with van der Waals surface area (Å²) < 4.78 is 0. The third-order valence-corrected chi connectivity index (χ3v) is 7.30. The van der Waals surface area contributed by atoms with Gasteiger partial charge in [-0.25, -0.2) is 0 Å². The monoisotopic (exact) mass is 202 g/mol. The SMILES string of the molecule is C1C[C@@H]2[C@H](C1)[C@@H]1C[C@H]2C2C1[C@@H]1CC[C@H]2C1. The first-order chi connectivity index (χ1) is 7.43. The van der Waals surface area contributed by atoms with Crippen LogP contribution in [-0.4, -0.2) is 0 Å². The minimum absolute atomic E-state index is 1.21. The highest BCUT2D eigenvalue weighted by molar-refractivity contribution is 5.14. The second kappa shape index (κ2) is 2.46. The molecule has 82 valence electrons. The van der Waals surface area contributed by atoms with E-state index in [1.165, 1.54) is 47.3 Å². The van der Waals surface area contributed by atoms with Gasteiger partial charge in [0.05, 0.1) is 0 Å². The molecule has 0 heteroatoms. The Morgan fingerprint density at radius 1 is 0.533 bits per heavy atom. The minimum atomic E-state index is 1.21. The van der Waals surface area contributed by atoms with Gasteiger partial charge >= 0.3 is 0 Å². The van der Waals surface area contributed by atoms with Crippen molar-refractivity contribution < 1.29 is 0 Å². The maximum absolute atomic E-state index is 1.68. The Kier molecular flexibility index (Phi) is 1.34. The van der Waals surface area contributed by atoms with Crippen molar-refractivity contribution in [3.8, 4) is 0 Å². The van der Waals surface area contributed by atoms with E-state index in [1.807, 2.05) is 0 Å². The Labute approximate surface area is 92.8 Å². The highest BCUT2D eigenvalue weighted by Crippen LogP contribution is 2.72. The molecular formula is C15H22.